The van der Waals surface area contributed by atoms with Crippen LogP contribution >= 0.6 is 35.0 Å². The minimum Gasteiger partial charge on any atom is -0.481 e. The normalized spacial score (nSPS) is 17.7. The molecule has 1 saturated heterocycles. The summed E-state index contributed by atoms with van der Waals surface area (Å²) in [6, 6.07) is 12.6. The van der Waals surface area contributed by atoms with Crippen molar-refractivity contribution >= 4 is 46.6 Å². The Hall–Kier alpha value is -2.43. The molecule has 1 N–H and O–H groups in total. The van der Waals surface area contributed by atoms with E-state index in [1.54, 1.807) is 11.8 Å². The number of halogens is 2. The molecule has 0 spiro atoms. The van der Waals surface area contributed by atoms with Crippen molar-refractivity contribution in [2.75, 3.05) is 38.6 Å². The number of aliphatic imine (C=N–C) groups is 1. The molecule has 0 amide bonds. The first-order valence-electron chi connectivity index (χ1n) is 11.7. The van der Waals surface area contributed by atoms with Crippen molar-refractivity contribution < 1.29 is 14.6 Å². The van der Waals surface area contributed by atoms with Crippen molar-refractivity contribution in [1.29, 1.82) is 0 Å². The highest BCUT2D eigenvalue weighted by Gasteiger charge is 2.30. The van der Waals surface area contributed by atoms with Crippen LogP contribution in [0.4, 0.5) is 0 Å². The summed E-state index contributed by atoms with van der Waals surface area (Å²) in [4.78, 5) is 18.9. The quantitative estimate of drug-likeness (QED) is 0.408. The Labute approximate surface area is 223 Å². The molecule has 2 aromatic carbocycles. The van der Waals surface area contributed by atoms with Crippen LogP contribution in [-0.2, 0) is 9.53 Å². The summed E-state index contributed by atoms with van der Waals surface area (Å²) in [5.41, 5.74) is 3.04. The van der Waals surface area contributed by atoms with Crippen LogP contribution in [0.25, 0.3) is 5.69 Å². The monoisotopic (exact) mass is 545 g/mol. The lowest BCUT2D eigenvalue weighted by atomic mass is 10.00. The fourth-order valence-electron chi connectivity index (χ4n) is 4.41. The third-order valence-electron chi connectivity index (χ3n) is 6.20. The molecular weight excluding hydrogens is 521 g/mol. The van der Waals surface area contributed by atoms with Crippen molar-refractivity contribution in [2.24, 2.45) is 4.99 Å². The van der Waals surface area contributed by atoms with Gasteiger partial charge in [-0.3, -0.25) is 19.3 Å². The number of carboxylic acids is 1. The molecule has 8 nitrogen and oxygen atoms in total. The van der Waals surface area contributed by atoms with Crippen LogP contribution in [0, 0.1) is 0 Å². The van der Waals surface area contributed by atoms with Crippen LogP contribution in [0.5, 0.6) is 0 Å². The fourth-order valence-corrected chi connectivity index (χ4v) is 5.75. The van der Waals surface area contributed by atoms with E-state index in [-0.39, 0.29) is 12.8 Å². The Morgan fingerprint density at radius 3 is 2.69 bits per heavy atom. The van der Waals surface area contributed by atoms with Crippen LogP contribution in [0.3, 0.4) is 0 Å². The van der Waals surface area contributed by atoms with Gasteiger partial charge in [-0.05, 0) is 30.7 Å². The Balaban J connectivity index is 1.57. The number of rotatable bonds is 8. The van der Waals surface area contributed by atoms with E-state index in [1.807, 2.05) is 47.0 Å². The third-order valence-corrected chi connectivity index (χ3v) is 7.67. The fraction of sp³-hybridized carbons (Fsp3) is 0.360. The number of benzene rings is 2. The highest BCUT2D eigenvalue weighted by Crippen LogP contribution is 2.37. The Bertz CT molecular complexity index is 1290. The standard InChI is InChI=1S/C25H25Cl2N5O3S/c26-16-5-7-21-18(15-16)23(17-3-1-2-4-19(17)27)28-20(6-8-22(33)34)24-29-30-25(32(21)24)36-14-11-31-9-12-35-13-10-31/h1-5,7,15,20H,6,8-14H2,(H,33,34)/t20-/m0/s1. The number of hydrogen-bond donors (Lipinski definition) is 1. The lowest BCUT2D eigenvalue weighted by molar-refractivity contribution is -0.137. The Kier molecular flexibility index (Phi) is 7.93. The number of morpholine rings is 1. The molecule has 188 valence electrons. The summed E-state index contributed by atoms with van der Waals surface area (Å²) < 4.78 is 7.44. The van der Waals surface area contributed by atoms with Crippen LogP contribution < -0.4 is 0 Å². The summed E-state index contributed by atoms with van der Waals surface area (Å²) in [6.45, 7) is 4.27. The average Bonchev–Trinajstić information content (AvgIpc) is 3.23. The number of aromatic nitrogens is 3. The zero-order valence-corrected chi connectivity index (χ0v) is 21.8. The minimum atomic E-state index is -0.888. The Morgan fingerprint density at radius 1 is 1.11 bits per heavy atom. The maximum absolute atomic E-state index is 11.5. The van der Waals surface area contributed by atoms with Crippen LogP contribution in [-0.4, -0.2) is 75.1 Å². The highest BCUT2D eigenvalue weighted by molar-refractivity contribution is 7.99. The number of fused-ring (bicyclic) bond motifs is 3. The van der Waals surface area contributed by atoms with Gasteiger partial charge in [0.05, 0.1) is 24.6 Å². The number of thioether (sulfide) groups is 1. The van der Waals surface area contributed by atoms with Gasteiger partial charge in [0.25, 0.3) is 0 Å². The number of nitrogens with zero attached hydrogens (tertiary/aromatic N) is 5. The van der Waals surface area contributed by atoms with Gasteiger partial charge in [0.1, 0.15) is 6.04 Å². The van der Waals surface area contributed by atoms with Crippen molar-refractivity contribution in [3.05, 3.63) is 69.5 Å². The smallest absolute Gasteiger partial charge is 0.303 e. The summed E-state index contributed by atoms with van der Waals surface area (Å²) in [7, 11) is 0. The highest BCUT2D eigenvalue weighted by atomic mass is 35.5. The zero-order valence-electron chi connectivity index (χ0n) is 19.4. The number of hydrogen-bond acceptors (Lipinski definition) is 7. The number of carbonyl (C=O) groups is 1. The van der Waals surface area contributed by atoms with E-state index in [2.05, 4.69) is 15.1 Å². The largest absolute Gasteiger partial charge is 0.481 e. The molecule has 0 bridgehead atoms. The molecule has 2 aliphatic rings. The van der Waals surface area contributed by atoms with E-state index in [0.717, 1.165) is 60.6 Å². The van der Waals surface area contributed by atoms with Gasteiger partial charge in [-0.15, -0.1) is 10.2 Å². The average molecular weight is 546 g/mol. The molecule has 3 heterocycles. The maximum Gasteiger partial charge on any atom is 0.303 e. The molecule has 2 aliphatic heterocycles. The van der Waals surface area contributed by atoms with Crippen molar-refractivity contribution in [3.63, 3.8) is 0 Å². The van der Waals surface area contributed by atoms with Crippen molar-refractivity contribution in [2.45, 2.75) is 24.0 Å². The second kappa shape index (κ2) is 11.3. The predicted octanol–water partition coefficient (Wildman–Crippen LogP) is 4.76. The molecule has 1 aromatic heterocycles. The van der Waals surface area contributed by atoms with Gasteiger partial charge in [-0.25, -0.2) is 0 Å². The second-order valence-corrected chi connectivity index (χ2v) is 10.5. The SMILES string of the molecule is O=C(O)CC[C@@H]1N=C(c2ccccc2Cl)c2cc(Cl)ccc2-n2c(SCCN3CCOCC3)nnc21. The van der Waals surface area contributed by atoms with E-state index in [4.69, 9.17) is 32.9 Å². The first-order valence-corrected chi connectivity index (χ1v) is 13.5. The molecule has 0 unspecified atom stereocenters. The van der Waals surface area contributed by atoms with Gasteiger partial charge in [-0.1, -0.05) is 53.2 Å². The summed E-state index contributed by atoms with van der Waals surface area (Å²) in [5.74, 6) is 0.551. The van der Waals surface area contributed by atoms with Crippen LogP contribution in [0.2, 0.25) is 10.0 Å². The molecule has 11 heteroatoms. The molecule has 0 aliphatic carbocycles. The summed E-state index contributed by atoms with van der Waals surface area (Å²) in [5, 5.41) is 20.2. The van der Waals surface area contributed by atoms with Gasteiger partial charge in [0.2, 0.25) is 0 Å². The minimum absolute atomic E-state index is 0.0482. The van der Waals surface area contributed by atoms with E-state index in [1.165, 1.54) is 0 Å². The predicted molar refractivity (Wildman–Crippen MR) is 141 cm³/mol. The number of aliphatic carboxylic acids is 1. The Morgan fingerprint density at radius 2 is 1.92 bits per heavy atom. The molecule has 0 saturated carbocycles. The lowest BCUT2D eigenvalue weighted by Gasteiger charge is -2.26. The summed E-state index contributed by atoms with van der Waals surface area (Å²) in [6.07, 6.45) is 0.231. The van der Waals surface area contributed by atoms with Gasteiger partial charge >= 0.3 is 5.97 Å². The van der Waals surface area contributed by atoms with Gasteiger partial charge < -0.3 is 9.84 Å². The van der Waals surface area contributed by atoms with E-state index >= 15 is 0 Å². The van der Waals surface area contributed by atoms with Crippen molar-refractivity contribution in [1.82, 2.24) is 19.7 Å². The third kappa shape index (κ3) is 5.45. The van der Waals surface area contributed by atoms with Gasteiger partial charge in [0.15, 0.2) is 11.0 Å². The molecule has 36 heavy (non-hydrogen) atoms. The van der Waals surface area contributed by atoms with E-state index in [9.17, 15) is 9.90 Å². The second-order valence-electron chi connectivity index (χ2n) is 8.55. The molecule has 3 aromatic rings. The molecule has 0 radical (unpaired) electrons. The lowest BCUT2D eigenvalue weighted by Crippen LogP contribution is -2.37. The van der Waals surface area contributed by atoms with Crippen molar-refractivity contribution in [3.8, 4) is 5.69 Å². The summed E-state index contributed by atoms with van der Waals surface area (Å²) >= 11 is 14.7. The number of carboxylic acid groups (broad SMARTS) is 1. The van der Waals surface area contributed by atoms with Crippen LogP contribution in [0.1, 0.15) is 35.8 Å². The molecule has 1 atom stereocenters. The first kappa shape index (κ1) is 25.2. The van der Waals surface area contributed by atoms with Crippen LogP contribution in [0.15, 0.2) is 52.6 Å². The molecular formula is C25H25Cl2N5O3S. The molecule has 5 rings (SSSR count). The molecule has 1 fully saturated rings. The zero-order chi connectivity index (χ0) is 25.1. The topological polar surface area (TPSA) is 92.8 Å². The number of ether oxygens (including phenoxy) is 1. The maximum atomic E-state index is 11.5. The van der Waals surface area contributed by atoms with E-state index in [0.29, 0.717) is 21.6 Å². The first-order chi connectivity index (χ1) is 17.5. The van der Waals surface area contributed by atoms with E-state index < -0.39 is 12.0 Å². The van der Waals surface area contributed by atoms with Gasteiger partial charge in [-0.2, -0.15) is 0 Å². The van der Waals surface area contributed by atoms with Gasteiger partial charge in [0, 0.05) is 53.0 Å².